The van der Waals surface area contributed by atoms with Crippen molar-refractivity contribution in [2.24, 2.45) is 0 Å². The van der Waals surface area contributed by atoms with E-state index >= 15 is 0 Å². The molecule has 0 unspecified atom stereocenters. The molecule has 0 radical (unpaired) electrons. The predicted molar refractivity (Wildman–Crippen MR) is 109 cm³/mol. The number of hydrogen-bond donors (Lipinski definition) is 3. The Morgan fingerprint density at radius 3 is 2.33 bits per heavy atom. The van der Waals surface area contributed by atoms with E-state index in [0.717, 1.165) is 17.3 Å². The highest BCUT2D eigenvalue weighted by Gasteiger charge is 2.58. The Kier molecular flexibility index (Phi) is 4.08. The zero-order chi connectivity index (χ0) is 21.0. The number of allylic oxidation sites excluding steroid dienone is 1. The van der Waals surface area contributed by atoms with Gasteiger partial charge in [-0.15, -0.1) is 11.8 Å². The fourth-order valence-electron chi connectivity index (χ4n) is 4.12. The van der Waals surface area contributed by atoms with Crippen LogP contribution in [0.2, 0.25) is 0 Å². The first-order chi connectivity index (χ1) is 14.4. The van der Waals surface area contributed by atoms with Gasteiger partial charge in [0.15, 0.2) is 11.3 Å². The van der Waals surface area contributed by atoms with Gasteiger partial charge in [-0.1, -0.05) is 36.4 Å². The second kappa shape index (κ2) is 6.56. The van der Waals surface area contributed by atoms with Gasteiger partial charge in [0.1, 0.15) is 11.8 Å². The summed E-state index contributed by atoms with van der Waals surface area (Å²) in [5, 5.41) is 14.9. The maximum absolute atomic E-state index is 13.2. The second-order valence-electron chi connectivity index (χ2n) is 7.49. The molecule has 3 N–H and O–H groups in total. The third kappa shape index (κ3) is 2.60. The molecule has 2 amide bonds. The number of aromatic hydroxyl groups is 1. The van der Waals surface area contributed by atoms with E-state index in [0.29, 0.717) is 5.56 Å². The highest BCUT2D eigenvalue weighted by Crippen LogP contribution is 2.46. The van der Waals surface area contributed by atoms with Gasteiger partial charge in [-0.2, -0.15) is 0 Å². The third-order valence-electron chi connectivity index (χ3n) is 5.66. The summed E-state index contributed by atoms with van der Waals surface area (Å²) in [5.41, 5.74) is -0.161. The van der Waals surface area contributed by atoms with Crippen molar-refractivity contribution < 1.29 is 24.3 Å². The van der Waals surface area contributed by atoms with E-state index in [1.807, 2.05) is 0 Å². The lowest BCUT2D eigenvalue weighted by molar-refractivity contribution is -0.139. The quantitative estimate of drug-likeness (QED) is 0.677. The van der Waals surface area contributed by atoms with Gasteiger partial charge in [-0.25, -0.2) is 0 Å². The Hall–Kier alpha value is -3.39. The summed E-state index contributed by atoms with van der Waals surface area (Å²) in [6.45, 7) is 0. The van der Waals surface area contributed by atoms with E-state index < -0.39 is 29.2 Å². The van der Waals surface area contributed by atoms with E-state index in [1.165, 1.54) is 12.1 Å². The van der Waals surface area contributed by atoms with E-state index in [4.69, 9.17) is 0 Å². The minimum atomic E-state index is -1.55. The molecule has 0 saturated carbocycles. The molecule has 2 heterocycles. The lowest BCUT2D eigenvalue weighted by Crippen LogP contribution is -2.71. The molecule has 2 aromatic rings. The van der Waals surface area contributed by atoms with E-state index in [1.54, 1.807) is 36.4 Å². The number of fused-ring (bicyclic) bond motifs is 2. The van der Waals surface area contributed by atoms with E-state index in [-0.39, 0.29) is 39.7 Å². The lowest BCUT2D eigenvalue weighted by atomic mass is 9.78. The summed E-state index contributed by atoms with van der Waals surface area (Å²) in [5.74, 6) is -1.42. The molecule has 150 valence electrons. The van der Waals surface area contributed by atoms with Crippen molar-refractivity contribution in [2.75, 3.05) is 5.75 Å². The first-order valence-electron chi connectivity index (χ1n) is 9.37. The fourth-order valence-corrected chi connectivity index (χ4v) is 5.48. The number of carbonyl (C=O) groups is 4. The van der Waals surface area contributed by atoms with Crippen LogP contribution in [0.1, 0.15) is 26.3 Å². The van der Waals surface area contributed by atoms with Crippen molar-refractivity contribution in [1.29, 1.82) is 0 Å². The maximum Gasteiger partial charge on any atom is 0.252 e. The topological polar surface area (TPSA) is 113 Å². The third-order valence-corrected chi connectivity index (χ3v) is 6.91. The number of benzene rings is 2. The summed E-state index contributed by atoms with van der Waals surface area (Å²) in [4.78, 5) is 52.4. The van der Waals surface area contributed by atoms with Crippen molar-refractivity contribution in [2.45, 2.75) is 18.0 Å². The van der Waals surface area contributed by atoms with Crippen LogP contribution in [-0.2, 0) is 16.0 Å². The van der Waals surface area contributed by atoms with Gasteiger partial charge in [0.2, 0.25) is 11.7 Å². The first kappa shape index (κ1) is 18.6. The molecule has 1 spiro atoms. The molecular weight excluding hydrogens is 404 g/mol. The molecule has 8 heteroatoms. The van der Waals surface area contributed by atoms with Crippen LogP contribution >= 0.6 is 11.8 Å². The number of piperazine rings is 1. The number of hydrogen-bond acceptors (Lipinski definition) is 6. The number of nitrogens with one attached hydrogen (secondary N) is 2. The Labute approximate surface area is 175 Å². The monoisotopic (exact) mass is 420 g/mol. The number of carbonyl (C=O) groups excluding carboxylic acids is 4. The molecule has 3 aliphatic rings. The first-order valence-corrected chi connectivity index (χ1v) is 10.4. The number of phenols is 1. The summed E-state index contributed by atoms with van der Waals surface area (Å²) in [6.07, 6.45) is 0.239. The van der Waals surface area contributed by atoms with Gasteiger partial charge in [-0.3, -0.25) is 19.2 Å². The van der Waals surface area contributed by atoms with Gasteiger partial charge in [-0.05, 0) is 17.7 Å². The van der Waals surface area contributed by atoms with Crippen LogP contribution in [0.5, 0.6) is 5.75 Å². The van der Waals surface area contributed by atoms with E-state index in [2.05, 4.69) is 10.6 Å². The zero-order valence-corrected chi connectivity index (χ0v) is 16.4. The van der Waals surface area contributed by atoms with Crippen LogP contribution in [-0.4, -0.2) is 45.8 Å². The van der Waals surface area contributed by atoms with Crippen LogP contribution in [0.3, 0.4) is 0 Å². The molecule has 1 aliphatic carbocycles. The zero-order valence-electron chi connectivity index (χ0n) is 15.6. The van der Waals surface area contributed by atoms with Crippen LogP contribution in [0.15, 0.2) is 59.0 Å². The average Bonchev–Trinajstić information content (AvgIpc) is 3.12. The van der Waals surface area contributed by atoms with Crippen LogP contribution in [0, 0.1) is 0 Å². The number of thioether (sulfide) groups is 1. The van der Waals surface area contributed by atoms with Gasteiger partial charge in [0.25, 0.3) is 5.91 Å². The highest BCUT2D eigenvalue weighted by molar-refractivity contribution is 8.04. The van der Waals surface area contributed by atoms with Crippen molar-refractivity contribution in [3.05, 3.63) is 75.7 Å². The average molecular weight is 420 g/mol. The number of phenolic OH excluding ortho intramolecular Hbond substituents is 1. The van der Waals surface area contributed by atoms with Gasteiger partial charge in [0, 0.05) is 23.3 Å². The molecule has 0 bridgehead atoms. The van der Waals surface area contributed by atoms with Gasteiger partial charge >= 0.3 is 0 Å². The molecule has 7 nitrogen and oxygen atoms in total. The van der Waals surface area contributed by atoms with Crippen LogP contribution in [0.25, 0.3) is 0 Å². The number of ketones is 2. The SMILES string of the molecule is O=C1C2=C(C(=O)c3ccccc31)[C@]1(CS2)NC(=O)[C@H](Cc2ccc(O)cc2)NC1=O. The predicted octanol–water partition coefficient (Wildman–Crippen LogP) is 1.37. The van der Waals surface area contributed by atoms with Gasteiger partial charge < -0.3 is 15.7 Å². The standard InChI is InChI=1S/C22H16N2O5S/c25-12-7-5-11(6-8-12)9-15-20(28)24-22(21(29)23-15)10-30-19-16(22)17(26)13-3-1-2-4-14(13)18(19)27/h1-8,15,25H,9-10H2,(H,23,29)(H,24,28)/t15-,22-/m0/s1. The van der Waals surface area contributed by atoms with Crippen molar-refractivity contribution in [3.63, 3.8) is 0 Å². The molecule has 5 rings (SSSR count). The van der Waals surface area contributed by atoms with E-state index in [9.17, 15) is 24.3 Å². The Morgan fingerprint density at radius 1 is 0.967 bits per heavy atom. The van der Waals surface area contributed by atoms with Crippen LogP contribution < -0.4 is 10.6 Å². The number of rotatable bonds is 2. The molecule has 30 heavy (non-hydrogen) atoms. The highest BCUT2D eigenvalue weighted by atomic mass is 32.2. The maximum atomic E-state index is 13.2. The van der Waals surface area contributed by atoms with Crippen molar-refractivity contribution in [3.8, 4) is 5.75 Å². The summed E-state index contributed by atoms with van der Waals surface area (Å²) < 4.78 is 0. The lowest BCUT2D eigenvalue weighted by Gasteiger charge is -2.38. The second-order valence-corrected chi connectivity index (χ2v) is 8.47. The van der Waals surface area contributed by atoms with Crippen molar-refractivity contribution >= 4 is 35.1 Å². The Morgan fingerprint density at radius 2 is 1.63 bits per heavy atom. The molecule has 2 aliphatic heterocycles. The summed E-state index contributed by atoms with van der Waals surface area (Å²) >= 11 is 1.13. The molecule has 2 atom stereocenters. The van der Waals surface area contributed by atoms with Crippen molar-refractivity contribution in [1.82, 2.24) is 10.6 Å². The molecule has 1 saturated heterocycles. The molecule has 2 aromatic carbocycles. The molecule has 0 aromatic heterocycles. The number of Topliss-reactive ketones (excluding diaryl/α,β-unsaturated/α-hetero) is 2. The Balaban J connectivity index is 1.47. The molecule has 1 fully saturated rings. The largest absolute Gasteiger partial charge is 0.508 e. The number of amides is 2. The van der Waals surface area contributed by atoms with Gasteiger partial charge in [0.05, 0.1) is 10.5 Å². The minimum absolute atomic E-state index is 0.0603. The smallest absolute Gasteiger partial charge is 0.252 e. The Bertz CT molecular complexity index is 1170. The minimum Gasteiger partial charge on any atom is -0.508 e. The normalized spacial score (nSPS) is 25.1. The summed E-state index contributed by atoms with van der Waals surface area (Å²) in [7, 11) is 0. The molecular formula is C22H16N2O5S. The fraction of sp³-hybridized carbons (Fsp3) is 0.182. The van der Waals surface area contributed by atoms with Crippen LogP contribution in [0.4, 0.5) is 0 Å². The summed E-state index contributed by atoms with van der Waals surface area (Å²) in [6, 6.07) is 12.1.